The summed E-state index contributed by atoms with van der Waals surface area (Å²) in [7, 11) is 0. The molecule has 0 aromatic heterocycles. The second kappa shape index (κ2) is 6.70. The molecule has 1 saturated carbocycles. The van der Waals surface area contributed by atoms with E-state index < -0.39 is 5.09 Å². The largest absolute Gasteiger partial charge is 0.311 e. The Morgan fingerprint density at radius 3 is 2.37 bits per heavy atom. The van der Waals surface area contributed by atoms with Crippen molar-refractivity contribution in [2.24, 2.45) is 5.92 Å². The molecular weight excluding hydrogens is 250 g/mol. The molecule has 108 valence electrons. The molecule has 0 aromatic carbocycles. The van der Waals surface area contributed by atoms with Crippen molar-refractivity contribution in [1.82, 2.24) is 10.4 Å². The van der Waals surface area contributed by atoms with Crippen molar-refractivity contribution in [3.05, 3.63) is 10.1 Å². The molecule has 2 rings (SSSR count). The van der Waals surface area contributed by atoms with E-state index in [1.165, 1.54) is 6.42 Å². The Morgan fingerprint density at radius 1 is 1.16 bits per heavy atom. The van der Waals surface area contributed by atoms with Crippen LogP contribution in [0.4, 0.5) is 0 Å². The molecule has 7 heteroatoms. The first kappa shape index (κ1) is 14.0. The number of carbonyl (C=O) groups is 1. The van der Waals surface area contributed by atoms with E-state index in [2.05, 4.69) is 10.3 Å². The lowest BCUT2D eigenvalue weighted by Gasteiger charge is -2.31. The number of rotatable bonds is 4. The molecule has 1 aliphatic carbocycles. The zero-order valence-corrected chi connectivity index (χ0v) is 11.0. The Morgan fingerprint density at radius 2 is 1.79 bits per heavy atom. The number of nitrogens with one attached hydrogen (secondary N) is 1. The second-order valence-electron chi connectivity index (χ2n) is 5.33. The number of hydrazine groups is 1. The molecule has 0 radical (unpaired) electrons. The van der Waals surface area contributed by atoms with Crippen molar-refractivity contribution in [2.45, 2.75) is 51.0 Å². The van der Waals surface area contributed by atoms with Crippen LogP contribution in [0.15, 0.2) is 0 Å². The number of hydrogen-bond donors (Lipinski definition) is 1. The molecule has 1 N–H and O–H groups in total. The van der Waals surface area contributed by atoms with Crippen molar-refractivity contribution in [2.75, 3.05) is 13.1 Å². The summed E-state index contributed by atoms with van der Waals surface area (Å²) in [5, 5.41) is 11.5. The predicted octanol–water partition coefficient (Wildman–Crippen LogP) is 1.27. The Labute approximate surface area is 112 Å². The van der Waals surface area contributed by atoms with Crippen LogP contribution >= 0.6 is 0 Å². The molecule has 0 bridgehead atoms. The lowest BCUT2D eigenvalue weighted by atomic mass is 9.87. The van der Waals surface area contributed by atoms with Gasteiger partial charge in [-0.1, -0.05) is 6.42 Å². The van der Waals surface area contributed by atoms with Gasteiger partial charge in [-0.15, -0.1) is 10.1 Å². The van der Waals surface area contributed by atoms with Crippen molar-refractivity contribution < 1.29 is 14.7 Å². The summed E-state index contributed by atoms with van der Waals surface area (Å²) < 4.78 is 0. The molecule has 1 heterocycles. The molecule has 1 saturated heterocycles. The predicted molar refractivity (Wildman–Crippen MR) is 67.4 cm³/mol. The quantitative estimate of drug-likeness (QED) is 0.615. The van der Waals surface area contributed by atoms with Gasteiger partial charge in [0.2, 0.25) is 5.91 Å². The first-order valence-corrected chi connectivity index (χ1v) is 7.02. The molecule has 2 fully saturated rings. The third-order valence-corrected chi connectivity index (χ3v) is 3.90. The first-order valence-electron chi connectivity index (χ1n) is 7.02. The van der Waals surface area contributed by atoms with E-state index in [1.807, 2.05) is 5.01 Å². The third kappa shape index (κ3) is 4.34. The van der Waals surface area contributed by atoms with Crippen LogP contribution in [0.1, 0.15) is 44.9 Å². The third-order valence-electron chi connectivity index (χ3n) is 3.90. The summed E-state index contributed by atoms with van der Waals surface area (Å²) in [5.41, 5.74) is 2.96. The summed E-state index contributed by atoms with van der Waals surface area (Å²) in [6.07, 6.45) is 5.64. The topological polar surface area (TPSA) is 84.7 Å². The van der Waals surface area contributed by atoms with E-state index in [4.69, 9.17) is 0 Å². The van der Waals surface area contributed by atoms with E-state index in [0.717, 1.165) is 25.9 Å². The number of carbonyl (C=O) groups excluding carboxylic acids is 1. The Balaban J connectivity index is 1.71. The highest BCUT2D eigenvalue weighted by Crippen LogP contribution is 2.26. The van der Waals surface area contributed by atoms with Gasteiger partial charge >= 0.3 is 0 Å². The van der Waals surface area contributed by atoms with E-state index in [9.17, 15) is 14.9 Å². The fourth-order valence-corrected chi connectivity index (χ4v) is 2.80. The molecule has 1 amide bonds. The van der Waals surface area contributed by atoms with Crippen molar-refractivity contribution in [1.29, 1.82) is 0 Å². The molecule has 0 unspecified atom stereocenters. The summed E-state index contributed by atoms with van der Waals surface area (Å²) in [4.78, 5) is 26.9. The number of amides is 1. The van der Waals surface area contributed by atoms with Gasteiger partial charge < -0.3 is 4.84 Å². The minimum Gasteiger partial charge on any atom is -0.311 e. The van der Waals surface area contributed by atoms with Gasteiger partial charge in [-0.2, -0.15) is 0 Å². The first-order chi connectivity index (χ1) is 9.15. The zero-order valence-electron chi connectivity index (χ0n) is 11.0. The Hall–Kier alpha value is -1.37. The van der Waals surface area contributed by atoms with Gasteiger partial charge in [0, 0.05) is 19.0 Å². The van der Waals surface area contributed by atoms with Crippen molar-refractivity contribution in [3.63, 3.8) is 0 Å². The molecule has 19 heavy (non-hydrogen) atoms. The highest BCUT2D eigenvalue weighted by atomic mass is 17.0. The van der Waals surface area contributed by atoms with Crippen molar-refractivity contribution in [3.8, 4) is 0 Å². The van der Waals surface area contributed by atoms with Crippen LogP contribution in [0.3, 0.4) is 0 Å². The van der Waals surface area contributed by atoms with Gasteiger partial charge in [0.05, 0.1) is 0 Å². The summed E-state index contributed by atoms with van der Waals surface area (Å²) in [6, 6.07) is 0. The smallest absolute Gasteiger partial charge is 0.294 e. The number of hydrogen-bond acceptors (Lipinski definition) is 5. The molecule has 7 nitrogen and oxygen atoms in total. The van der Waals surface area contributed by atoms with Crippen LogP contribution in [0, 0.1) is 16.0 Å². The molecular formula is C12H21N3O4. The van der Waals surface area contributed by atoms with Crippen LogP contribution in [0.25, 0.3) is 0 Å². The van der Waals surface area contributed by atoms with Crippen LogP contribution in [0.2, 0.25) is 0 Å². The molecule has 0 aromatic rings. The molecule has 0 atom stereocenters. The summed E-state index contributed by atoms with van der Waals surface area (Å²) in [5.74, 6) is 0.0231. The minimum absolute atomic E-state index is 0.0338. The van der Waals surface area contributed by atoms with Crippen molar-refractivity contribution >= 4 is 5.91 Å². The van der Waals surface area contributed by atoms with Gasteiger partial charge in [-0.25, -0.2) is 5.01 Å². The summed E-state index contributed by atoms with van der Waals surface area (Å²) >= 11 is 0. The maximum absolute atomic E-state index is 12.1. The van der Waals surface area contributed by atoms with E-state index in [-0.39, 0.29) is 17.9 Å². The SMILES string of the molecule is O=C(NN1CCCCC1)C1CCC(O[N+](=O)[O-])CC1. The second-order valence-corrected chi connectivity index (χ2v) is 5.33. The fourth-order valence-electron chi connectivity index (χ4n) is 2.80. The lowest BCUT2D eigenvalue weighted by Crippen LogP contribution is -2.48. The Bertz CT molecular complexity index is 323. The average Bonchev–Trinajstić information content (AvgIpc) is 2.40. The lowest BCUT2D eigenvalue weighted by molar-refractivity contribution is -0.769. The molecule has 1 aliphatic heterocycles. The number of nitrogens with zero attached hydrogens (tertiary/aromatic N) is 2. The highest BCUT2D eigenvalue weighted by molar-refractivity contribution is 5.78. The van der Waals surface area contributed by atoms with Crippen LogP contribution in [-0.4, -0.2) is 35.2 Å². The van der Waals surface area contributed by atoms with Crippen LogP contribution in [0.5, 0.6) is 0 Å². The monoisotopic (exact) mass is 271 g/mol. The van der Waals surface area contributed by atoms with Gasteiger partial charge in [0.1, 0.15) is 6.10 Å². The van der Waals surface area contributed by atoms with Crippen LogP contribution in [-0.2, 0) is 9.63 Å². The van der Waals surface area contributed by atoms with E-state index >= 15 is 0 Å². The van der Waals surface area contributed by atoms with Gasteiger partial charge in [0.25, 0.3) is 5.09 Å². The van der Waals surface area contributed by atoms with Crippen LogP contribution < -0.4 is 5.43 Å². The zero-order chi connectivity index (χ0) is 13.7. The van der Waals surface area contributed by atoms with E-state index in [0.29, 0.717) is 25.7 Å². The van der Waals surface area contributed by atoms with Gasteiger partial charge in [-0.3, -0.25) is 10.2 Å². The average molecular weight is 271 g/mol. The van der Waals surface area contributed by atoms with Gasteiger partial charge in [0.15, 0.2) is 0 Å². The minimum atomic E-state index is -0.737. The fraction of sp³-hybridized carbons (Fsp3) is 0.917. The standard InChI is InChI=1S/C12H21N3O4/c16-12(13-14-8-2-1-3-9-14)10-4-6-11(7-5-10)19-15(17)18/h10-11H,1-9H2,(H,13,16). The normalized spacial score (nSPS) is 28.6. The molecule has 0 spiro atoms. The van der Waals surface area contributed by atoms with Gasteiger partial charge in [-0.05, 0) is 38.5 Å². The maximum Gasteiger partial charge on any atom is 0.294 e. The highest BCUT2D eigenvalue weighted by Gasteiger charge is 2.29. The molecule has 2 aliphatic rings. The maximum atomic E-state index is 12.1. The number of piperidine rings is 1. The summed E-state index contributed by atoms with van der Waals surface area (Å²) in [6.45, 7) is 1.84. The Kier molecular flexibility index (Phi) is 4.95. The van der Waals surface area contributed by atoms with E-state index in [1.54, 1.807) is 0 Å².